The van der Waals surface area contributed by atoms with Gasteiger partial charge in [-0.1, -0.05) is 0 Å². The predicted octanol–water partition coefficient (Wildman–Crippen LogP) is 15.0. The molecule has 1 aliphatic heterocycles. The number of unbranched alkanes of at least 4 members (excludes halogenated alkanes) is 2. The van der Waals surface area contributed by atoms with Crippen LogP contribution in [0.2, 0.25) is 14.9 Å². The second-order valence-corrected chi connectivity index (χ2v) is 38.5. The van der Waals surface area contributed by atoms with Gasteiger partial charge in [-0.05, 0) is 0 Å². The van der Waals surface area contributed by atoms with Gasteiger partial charge in [-0.15, -0.1) is 0 Å². The van der Waals surface area contributed by atoms with Gasteiger partial charge in [-0.25, -0.2) is 0 Å². The molecule has 0 fully saturated rings. The third-order valence-electron chi connectivity index (χ3n) is 13.7. The SMILES string of the molecule is CCC[CH2][Hf]1([CH2]CCC)[CH]2C(CC)=C(c3c(C(C)C)cc(C(C)C)cc32)[Si](C)(c2ccccc2)C2=C(CC)[CH]1c1cc(C(C)C)cc(C(C)C)c12. The summed E-state index contributed by atoms with van der Waals surface area (Å²) in [5.41, 5.74) is 17.4. The maximum atomic E-state index is 2.83. The molecule has 0 N–H and O–H groups in total. The molecule has 0 radical (unpaired) electrons. The van der Waals surface area contributed by atoms with E-state index in [1.807, 2.05) is 32.7 Å². The monoisotopic (exact) mass is 866 g/mol. The molecule has 4 bridgehead atoms. The van der Waals surface area contributed by atoms with E-state index in [1.54, 1.807) is 38.6 Å². The van der Waals surface area contributed by atoms with E-state index in [0.29, 0.717) is 31.0 Å². The molecule has 2 aliphatic carbocycles. The summed E-state index contributed by atoms with van der Waals surface area (Å²) in [6, 6.07) is 23.0. The summed E-state index contributed by atoms with van der Waals surface area (Å²) in [4.78, 5) is 0. The Bertz CT molecular complexity index is 1700. The first kappa shape index (κ1) is 38.9. The van der Waals surface area contributed by atoms with E-state index < -0.39 is 28.0 Å². The van der Waals surface area contributed by atoms with Gasteiger partial charge in [-0.2, -0.15) is 0 Å². The minimum absolute atomic E-state index is 0.500. The summed E-state index contributed by atoms with van der Waals surface area (Å²) in [6.07, 6.45) is 7.82. The summed E-state index contributed by atoms with van der Waals surface area (Å²) in [7, 11) is -2.52. The van der Waals surface area contributed by atoms with Crippen molar-refractivity contribution in [3.8, 4) is 0 Å². The third-order valence-corrected chi connectivity index (χ3v) is 40.6. The Morgan fingerprint density at radius 1 is 0.569 bits per heavy atom. The van der Waals surface area contributed by atoms with Crippen LogP contribution in [-0.4, -0.2) is 8.07 Å². The van der Waals surface area contributed by atoms with Crippen molar-refractivity contribution in [2.45, 2.75) is 168 Å². The first-order chi connectivity index (χ1) is 24.3. The number of hydrogen-bond donors (Lipinski definition) is 0. The quantitative estimate of drug-likeness (QED) is 0.150. The number of rotatable bonds is 13. The van der Waals surface area contributed by atoms with Crippen molar-refractivity contribution in [2.75, 3.05) is 0 Å². The normalized spacial score (nSPS) is 22.1. The maximum absolute atomic E-state index is 3.51. The van der Waals surface area contributed by atoms with E-state index in [4.69, 9.17) is 0 Å². The number of fused-ring (bicyclic) bond motifs is 8. The van der Waals surface area contributed by atoms with Crippen LogP contribution in [0.25, 0.3) is 10.4 Å². The van der Waals surface area contributed by atoms with Gasteiger partial charge in [-0.3, -0.25) is 0 Å². The van der Waals surface area contributed by atoms with Crippen LogP contribution in [0.3, 0.4) is 0 Å². The Morgan fingerprint density at radius 2 is 0.980 bits per heavy atom. The molecule has 3 aromatic carbocycles. The summed E-state index contributed by atoms with van der Waals surface area (Å²) < 4.78 is 4.42. The van der Waals surface area contributed by atoms with E-state index in [-0.39, 0.29) is 0 Å². The fourth-order valence-corrected chi connectivity index (χ4v) is 44.6. The van der Waals surface area contributed by atoms with Crippen LogP contribution in [0.5, 0.6) is 0 Å². The number of benzene rings is 3. The summed E-state index contributed by atoms with van der Waals surface area (Å²) in [6.45, 7) is 32.6. The number of allylic oxidation sites excluding steroid dienone is 2. The van der Waals surface area contributed by atoms with Crippen LogP contribution in [0.1, 0.15) is 197 Å². The van der Waals surface area contributed by atoms with E-state index in [1.165, 1.54) is 46.9 Å². The molecule has 51 heavy (non-hydrogen) atoms. The Hall–Kier alpha value is -1.77. The van der Waals surface area contributed by atoms with Gasteiger partial charge in [0.2, 0.25) is 0 Å². The predicted molar refractivity (Wildman–Crippen MR) is 226 cm³/mol. The molecule has 0 saturated carbocycles. The molecule has 3 aliphatic rings. The molecule has 2 atom stereocenters. The van der Waals surface area contributed by atoms with Crippen molar-refractivity contribution in [1.82, 2.24) is 0 Å². The van der Waals surface area contributed by atoms with Crippen molar-refractivity contribution in [1.29, 1.82) is 0 Å². The standard InChI is InChI=1S/C41H52Si.2C4H9.Hf/c1-12-29-19-33-21-31(25(3)4)23-36(27(7)8)38(33)40(29)42(11,35-17-15-14-16-18-35)41-30(13-2)20-34-22-32(26(5)6)24-37(28(9)10)39(34)41;2*1-3-4-2;/h14-28H,12-13H2,1-11H3;2*1,3-4H2,2H3;. The van der Waals surface area contributed by atoms with E-state index in [2.05, 4.69) is 144 Å². The van der Waals surface area contributed by atoms with Gasteiger partial charge in [0.05, 0.1) is 0 Å². The second kappa shape index (κ2) is 15.2. The average molecular weight is 866 g/mol. The van der Waals surface area contributed by atoms with Crippen LogP contribution >= 0.6 is 0 Å². The number of hydrogen-bond acceptors (Lipinski definition) is 0. The van der Waals surface area contributed by atoms with Crippen LogP contribution in [0, 0.1) is 0 Å². The molecule has 274 valence electrons. The van der Waals surface area contributed by atoms with E-state index in [9.17, 15) is 0 Å². The Kier molecular flexibility index (Phi) is 11.6. The van der Waals surface area contributed by atoms with Crippen LogP contribution in [0.15, 0.2) is 65.7 Å². The first-order valence-corrected chi connectivity index (χ1v) is 32.9. The van der Waals surface area contributed by atoms with E-state index in [0.717, 1.165) is 0 Å². The van der Waals surface area contributed by atoms with Gasteiger partial charge in [0.1, 0.15) is 0 Å². The van der Waals surface area contributed by atoms with Gasteiger partial charge in [0.25, 0.3) is 0 Å². The van der Waals surface area contributed by atoms with Crippen LogP contribution < -0.4 is 5.19 Å². The summed E-state index contributed by atoms with van der Waals surface area (Å²) in [5, 5.41) is 5.35. The summed E-state index contributed by atoms with van der Waals surface area (Å²) in [5.74, 6) is 2.07. The van der Waals surface area contributed by atoms with Crippen molar-refractivity contribution < 1.29 is 20.0 Å². The molecule has 0 saturated heterocycles. The molecular formula is C49H70HfSi. The van der Waals surface area contributed by atoms with Crippen LogP contribution in [-0.2, 0) is 20.0 Å². The molecule has 0 spiro atoms. The van der Waals surface area contributed by atoms with Crippen molar-refractivity contribution in [3.05, 3.63) is 110 Å². The van der Waals surface area contributed by atoms with Crippen molar-refractivity contribution >= 4 is 23.7 Å². The molecule has 0 aromatic heterocycles. The molecule has 0 amide bonds. The summed E-state index contributed by atoms with van der Waals surface area (Å²) >= 11 is -3.51. The zero-order valence-electron chi connectivity index (χ0n) is 34.8. The third kappa shape index (κ3) is 6.08. The van der Waals surface area contributed by atoms with Gasteiger partial charge >= 0.3 is 321 Å². The van der Waals surface area contributed by atoms with Crippen molar-refractivity contribution in [3.63, 3.8) is 0 Å². The van der Waals surface area contributed by atoms with Gasteiger partial charge in [0, 0.05) is 0 Å². The van der Waals surface area contributed by atoms with Gasteiger partial charge < -0.3 is 0 Å². The zero-order chi connectivity index (χ0) is 37.0. The molecule has 6 rings (SSSR count). The second-order valence-electron chi connectivity index (χ2n) is 18.1. The Balaban J connectivity index is 1.92. The Morgan fingerprint density at radius 3 is 1.31 bits per heavy atom. The molecule has 3 aromatic rings. The topological polar surface area (TPSA) is 0 Å². The fraction of sp³-hybridized carbons (Fsp3) is 0.551. The van der Waals surface area contributed by atoms with Crippen LogP contribution in [0.4, 0.5) is 0 Å². The fourth-order valence-electron chi connectivity index (χ4n) is 11.3. The molecule has 1 heterocycles. The van der Waals surface area contributed by atoms with E-state index >= 15 is 0 Å². The minimum atomic E-state index is -3.51. The first-order valence-electron chi connectivity index (χ1n) is 21.2. The Labute approximate surface area is 319 Å². The van der Waals surface area contributed by atoms with Crippen molar-refractivity contribution in [2.24, 2.45) is 0 Å². The van der Waals surface area contributed by atoms with Gasteiger partial charge in [0.15, 0.2) is 0 Å². The zero-order valence-corrected chi connectivity index (χ0v) is 39.4. The average Bonchev–Trinajstić information content (AvgIpc) is 3.65. The molecule has 2 heteroatoms. The molecule has 0 nitrogen and oxygen atoms in total. The molecular weight excluding hydrogens is 795 g/mol. The molecule has 2 unspecified atom stereocenters.